The molecule has 1 aliphatic rings. The van der Waals surface area contributed by atoms with E-state index in [-0.39, 0.29) is 18.9 Å². The first-order chi connectivity index (χ1) is 9.23. The quantitative estimate of drug-likeness (QED) is 0.659. The molecule has 1 atom stereocenters. The van der Waals surface area contributed by atoms with Crippen LogP contribution in [0.3, 0.4) is 0 Å². The van der Waals surface area contributed by atoms with Crippen LogP contribution in [-0.4, -0.2) is 23.0 Å². The number of aliphatic carboxylic acids is 1. The number of halogens is 3. The molecule has 0 saturated carbocycles. The van der Waals surface area contributed by atoms with Gasteiger partial charge in [-0.3, -0.25) is 4.90 Å². The maximum atomic E-state index is 12.5. The van der Waals surface area contributed by atoms with E-state index in [0.29, 0.717) is 25.1 Å². The Bertz CT molecular complexity index is 504. The first-order valence-electron chi connectivity index (χ1n) is 6.36. The molecule has 1 aliphatic heterocycles. The zero-order chi connectivity index (χ0) is 15.0. The molecule has 0 radical (unpaired) electrons. The van der Waals surface area contributed by atoms with E-state index in [1.165, 1.54) is 12.1 Å². The minimum absolute atomic E-state index is 0. The summed E-state index contributed by atoms with van der Waals surface area (Å²) < 4.78 is 37.4. The van der Waals surface area contributed by atoms with Gasteiger partial charge in [0, 0.05) is 6.54 Å². The molecule has 0 bridgehead atoms. The van der Waals surface area contributed by atoms with Crippen molar-refractivity contribution in [3.05, 3.63) is 35.4 Å². The Balaban J connectivity index is 0.00000220. The average Bonchev–Trinajstić information content (AvgIpc) is 2.72. The van der Waals surface area contributed by atoms with Crippen LogP contribution in [0.1, 0.15) is 30.9 Å². The largest absolute Gasteiger partial charge is 1.00 e. The van der Waals surface area contributed by atoms with Crippen molar-refractivity contribution >= 4 is 5.97 Å². The second kappa shape index (κ2) is 6.43. The topological polar surface area (TPSA) is 43.4 Å². The van der Waals surface area contributed by atoms with Gasteiger partial charge in [-0.05, 0) is 44.0 Å². The molecule has 0 unspecified atom stereocenters. The number of likely N-dealkylation sites (tertiary alicyclic amines) is 1. The number of benzene rings is 1. The molecule has 0 aromatic heterocycles. The van der Waals surface area contributed by atoms with Gasteiger partial charge in [0.25, 0.3) is 0 Å². The first kappa shape index (κ1) is 18.1. The van der Waals surface area contributed by atoms with Gasteiger partial charge in [-0.25, -0.2) is 0 Å². The van der Waals surface area contributed by atoms with Crippen LogP contribution >= 0.6 is 0 Å². The second-order valence-electron chi connectivity index (χ2n) is 5.28. The van der Waals surface area contributed by atoms with E-state index in [2.05, 4.69) is 0 Å². The average molecular weight is 293 g/mol. The number of hydrogen-bond donors (Lipinski definition) is 0. The van der Waals surface area contributed by atoms with E-state index >= 15 is 0 Å². The number of carbonyl (C=O) groups excluding carboxylic acids is 1. The maximum Gasteiger partial charge on any atom is 1.00 e. The van der Waals surface area contributed by atoms with Gasteiger partial charge < -0.3 is 9.90 Å². The third-order valence-electron chi connectivity index (χ3n) is 3.88. The van der Waals surface area contributed by atoms with Crippen molar-refractivity contribution in [1.29, 1.82) is 0 Å². The van der Waals surface area contributed by atoms with Crippen LogP contribution in [0, 0.1) is 0 Å². The zero-order valence-corrected chi connectivity index (χ0v) is 12.0. The molecule has 110 valence electrons. The van der Waals surface area contributed by atoms with Gasteiger partial charge in [0.1, 0.15) is 0 Å². The monoisotopic (exact) mass is 293 g/mol. The number of carboxylic acid groups (broad SMARTS) is 1. The van der Waals surface area contributed by atoms with Crippen LogP contribution in [0.2, 0.25) is 0 Å². The summed E-state index contributed by atoms with van der Waals surface area (Å²) >= 11 is 0. The predicted octanol–water partition coefficient (Wildman–Crippen LogP) is -1.19. The van der Waals surface area contributed by atoms with E-state index in [9.17, 15) is 23.1 Å². The van der Waals surface area contributed by atoms with Crippen molar-refractivity contribution in [1.82, 2.24) is 4.90 Å². The molecule has 1 aromatic carbocycles. The Morgan fingerprint density at radius 2 is 1.90 bits per heavy atom. The second-order valence-corrected chi connectivity index (χ2v) is 5.28. The summed E-state index contributed by atoms with van der Waals surface area (Å²) in [6, 6.07) is 4.80. The normalized spacial score (nSPS) is 22.9. The summed E-state index contributed by atoms with van der Waals surface area (Å²) in [5.74, 6) is -1.14. The van der Waals surface area contributed by atoms with Gasteiger partial charge in [0.15, 0.2) is 0 Å². The van der Waals surface area contributed by atoms with Crippen molar-refractivity contribution in [3.8, 4) is 0 Å². The van der Waals surface area contributed by atoms with Gasteiger partial charge in [-0.2, -0.15) is 13.2 Å². The summed E-state index contributed by atoms with van der Waals surface area (Å²) in [5, 5.41) is 11.2. The van der Waals surface area contributed by atoms with Crippen LogP contribution in [-0.2, 0) is 17.5 Å². The number of carbonyl (C=O) groups is 1. The molecular formula is C14H15F3LiNO2. The van der Waals surface area contributed by atoms with Gasteiger partial charge in [0.2, 0.25) is 0 Å². The Labute approximate surface area is 133 Å². The summed E-state index contributed by atoms with van der Waals surface area (Å²) in [6.07, 6.45) is -3.12. The van der Waals surface area contributed by atoms with Gasteiger partial charge in [-0.15, -0.1) is 0 Å². The number of carboxylic acids is 1. The fraction of sp³-hybridized carbons (Fsp3) is 0.500. The Hall–Kier alpha value is -0.963. The van der Waals surface area contributed by atoms with Crippen molar-refractivity contribution in [2.75, 3.05) is 6.54 Å². The summed E-state index contributed by atoms with van der Waals surface area (Å²) in [7, 11) is 0. The molecule has 0 amide bonds. The van der Waals surface area contributed by atoms with E-state index in [4.69, 9.17) is 0 Å². The van der Waals surface area contributed by atoms with E-state index in [1.54, 1.807) is 11.8 Å². The van der Waals surface area contributed by atoms with Crippen LogP contribution in [0.5, 0.6) is 0 Å². The van der Waals surface area contributed by atoms with Gasteiger partial charge in [0.05, 0.1) is 17.1 Å². The summed E-state index contributed by atoms with van der Waals surface area (Å²) in [4.78, 5) is 12.9. The number of hydrogen-bond acceptors (Lipinski definition) is 3. The van der Waals surface area contributed by atoms with Crippen molar-refractivity contribution < 1.29 is 41.9 Å². The summed E-state index contributed by atoms with van der Waals surface area (Å²) in [6.45, 7) is 2.51. The molecule has 0 N–H and O–H groups in total. The smallest absolute Gasteiger partial charge is 0.548 e. The third kappa shape index (κ3) is 3.82. The van der Waals surface area contributed by atoms with Crippen molar-refractivity contribution in [2.45, 2.75) is 38.0 Å². The summed E-state index contributed by atoms with van der Waals surface area (Å²) in [5.41, 5.74) is -1.08. The maximum absolute atomic E-state index is 12.5. The number of nitrogens with zero attached hydrogens (tertiary/aromatic N) is 1. The molecule has 1 heterocycles. The van der Waals surface area contributed by atoms with E-state index in [0.717, 1.165) is 18.6 Å². The molecule has 1 fully saturated rings. The fourth-order valence-electron chi connectivity index (χ4n) is 2.52. The fourth-order valence-corrected chi connectivity index (χ4v) is 2.52. The Morgan fingerprint density at radius 1 is 1.33 bits per heavy atom. The zero-order valence-electron chi connectivity index (χ0n) is 12.0. The van der Waals surface area contributed by atoms with E-state index in [1.807, 2.05) is 0 Å². The Kier molecular flexibility index (Phi) is 5.54. The molecule has 0 aliphatic carbocycles. The molecule has 3 nitrogen and oxygen atoms in total. The van der Waals surface area contributed by atoms with Crippen LogP contribution < -0.4 is 24.0 Å². The molecule has 7 heteroatoms. The molecule has 1 aromatic rings. The molecule has 1 saturated heterocycles. The van der Waals surface area contributed by atoms with E-state index < -0.39 is 23.2 Å². The number of rotatable bonds is 3. The SMILES string of the molecule is C[C@]1(C(=O)[O-])CCCN1Cc1ccc(C(F)(F)F)cc1.[Li+]. The van der Waals surface area contributed by atoms with Crippen LogP contribution in [0.25, 0.3) is 0 Å². The van der Waals surface area contributed by atoms with Crippen molar-refractivity contribution in [3.63, 3.8) is 0 Å². The minimum Gasteiger partial charge on any atom is -0.548 e. The molecule has 21 heavy (non-hydrogen) atoms. The molecule has 0 spiro atoms. The van der Waals surface area contributed by atoms with Crippen molar-refractivity contribution in [2.24, 2.45) is 0 Å². The number of alkyl halides is 3. The predicted molar refractivity (Wildman–Crippen MR) is 64.5 cm³/mol. The molecular weight excluding hydrogens is 278 g/mol. The van der Waals surface area contributed by atoms with Gasteiger partial charge in [-0.1, -0.05) is 12.1 Å². The minimum atomic E-state index is -4.36. The van der Waals surface area contributed by atoms with Crippen LogP contribution in [0.4, 0.5) is 13.2 Å². The van der Waals surface area contributed by atoms with Gasteiger partial charge >= 0.3 is 25.0 Å². The molecule has 2 rings (SSSR count). The first-order valence-corrected chi connectivity index (χ1v) is 6.36. The standard InChI is InChI=1S/C14H16F3NO2.Li/c1-13(12(19)20)7-2-8-18(13)9-10-3-5-11(6-4-10)14(15,16)17;/h3-6H,2,7-9H2,1H3,(H,19,20);/q;+1/p-1/t13-;/m1./s1. The Morgan fingerprint density at radius 3 is 2.38 bits per heavy atom. The third-order valence-corrected chi connectivity index (χ3v) is 3.88. The van der Waals surface area contributed by atoms with Crippen LogP contribution in [0.15, 0.2) is 24.3 Å².